The Hall–Kier alpha value is -0.740. The van der Waals surface area contributed by atoms with Gasteiger partial charge in [-0.15, -0.1) is 0 Å². The van der Waals surface area contributed by atoms with Crippen molar-refractivity contribution in [1.29, 1.82) is 0 Å². The van der Waals surface area contributed by atoms with Crippen molar-refractivity contribution < 1.29 is 9.90 Å². The van der Waals surface area contributed by atoms with Gasteiger partial charge >= 0.3 is 5.97 Å². The maximum absolute atomic E-state index is 11.1. The van der Waals surface area contributed by atoms with Crippen LogP contribution in [0, 0.1) is 0 Å². The van der Waals surface area contributed by atoms with Gasteiger partial charge in [0.25, 0.3) is 0 Å². The van der Waals surface area contributed by atoms with Crippen LogP contribution in [-0.2, 0) is 9.79 Å². The zero-order valence-corrected chi connectivity index (χ0v) is 9.79. The molecule has 84 valence electrons. The van der Waals surface area contributed by atoms with Crippen molar-refractivity contribution in [2.45, 2.75) is 31.2 Å². The van der Waals surface area contributed by atoms with Gasteiger partial charge < -0.3 is 5.11 Å². The van der Waals surface area contributed by atoms with Crippen molar-refractivity contribution in [3.63, 3.8) is 0 Å². The molecule has 0 aliphatic carbocycles. The number of rotatable bonds is 5. The first-order valence-corrected chi connectivity index (χ1v) is 5.39. The molecule has 0 saturated heterocycles. The van der Waals surface area contributed by atoms with Gasteiger partial charge in [-0.1, -0.05) is 36.5 Å². The molecule has 0 saturated carbocycles. The standard InChI is InChI=1S/C9H12Cl2N2O2/c1-2-3-4-9(11,8(14)15)13-6-7(10)5-12-13/h5-6H,2-4H2,1H3,(H,14,15). The highest BCUT2D eigenvalue weighted by atomic mass is 35.5. The lowest BCUT2D eigenvalue weighted by molar-refractivity contribution is -0.143. The van der Waals surface area contributed by atoms with Gasteiger partial charge in [0.15, 0.2) is 0 Å². The van der Waals surface area contributed by atoms with Crippen LogP contribution in [0.2, 0.25) is 5.02 Å². The summed E-state index contributed by atoms with van der Waals surface area (Å²) in [7, 11) is 0. The maximum atomic E-state index is 11.1. The summed E-state index contributed by atoms with van der Waals surface area (Å²) in [6.07, 6.45) is 4.69. The Kier molecular flexibility index (Phi) is 3.99. The van der Waals surface area contributed by atoms with Crippen molar-refractivity contribution >= 4 is 29.2 Å². The maximum Gasteiger partial charge on any atom is 0.347 e. The predicted molar refractivity (Wildman–Crippen MR) is 58.2 cm³/mol. The van der Waals surface area contributed by atoms with Crippen LogP contribution in [0.5, 0.6) is 0 Å². The van der Waals surface area contributed by atoms with Crippen LogP contribution in [-0.4, -0.2) is 20.9 Å². The lowest BCUT2D eigenvalue weighted by Crippen LogP contribution is -2.36. The molecule has 6 heteroatoms. The Morgan fingerprint density at radius 1 is 1.73 bits per heavy atom. The molecule has 0 aromatic carbocycles. The third-order valence-electron chi connectivity index (χ3n) is 2.10. The topological polar surface area (TPSA) is 55.1 Å². The number of halogens is 2. The summed E-state index contributed by atoms with van der Waals surface area (Å²) in [6, 6.07) is 0. The number of alkyl halides is 1. The van der Waals surface area contributed by atoms with Gasteiger partial charge in [0.2, 0.25) is 5.00 Å². The molecule has 1 atom stereocenters. The van der Waals surface area contributed by atoms with Crippen molar-refractivity contribution in [3.05, 3.63) is 17.4 Å². The van der Waals surface area contributed by atoms with Gasteiger partial charge in [0.05, 0.1) is 11.2 Å². The van der Waals surface area contributed by atoms with E-state index in [9.17, 15) is 4.79 Å². The number of carbonyl (C=O) groups is 1. The molecule has 0 amide bonds. The first kappa shape index (κ1) is 12.3. The first-order chi connectivity index (χ1) is 7.00. The minimum Gasteiger partial charge on any atom is -0.479 e. The SMILES string of the molecule is CCCCC(Cl)(C(=O)O)n1cc(Cl)cn1. The van der Waals surface area contributed by atoms with Crippen LogP contribution < -0.4 is 0 Å². The lowest BCUT2D eigenvalue weighted by atomic mass is 10.1. The highest BCUT2D eigenvalue weighted by Crippen LogP contribution is 2.29. The molecule has 4 nitrogen and oxygen atoms in total. The minimum absolute atomic E-state index is 0.318. The molecule has 1 aromatic rings. The summed E-state index contributed by atoms with van der Waals surface area (Å²) in [6.45, 7) is 1.97. The van der Waals surface area contributed by atoms with Gasteiger partial charge in [-0.25, -0.2) is 9.48 Å². The van der Waals surface area contributed by atoms with E-state index in [0.29, 0.717) is 17.9 Å². The number of hydrogen-bond donors (Lipinski definition) is 1. The molecule has 0 bridgehead atoms. The monoisotopic (exact) mass is 250 g/mol. The number of hydrogen-bond acceptors (Lipinski definition) is 2. The number of aromatic nitrogens is 2. The molecule has 0 fully saturated rings. The van der Waals surface area contributed by atoms with Crippen molar-refractivity contribution in [2.75, 3.05) is 0 Å². The van der Waals surface area contributed by atoms with Crippen LogP contribution in [0.25, 0.3) is 0 Å². The predicted octanol–water partition coefficient (Wildman–Crippen LogP) is 2.70. The zero-order valence-electron chi connectivity index (χ0n) is 8.28. The molecular formula is C9H12Cl2N2O2. The van der Waals surface area contributed by atoms with Crippen LogP contribution >= 0.6 is 23.2 Å². The van der Waals surface area contributed by atoms with Crippen molar-refractivity contribution in [3.8, 4) is 0 Å². The van der Waals surface area contributed by atoms with E-state index in [1.54, 1.807) is 0 Å². The number of unbranched alkanes of at least 4 members (excludes halogenated alkanes) is 1. The number of carboxylic acids is 1. The van der Waals surface area contributed by atoms with Gasteiger partial charge in [-0.3, -0.25) is 0 Å². The highest BCUT2D eigenvalue weighted by molar-refractivity contribution is 6.32. The third-order valence-corrected chi connectivity index (χ3v) is 2.82. The second kappa shape index (κ2) is 4.86. The molecule has 0 aliphatic rings. The van der Waals surface area contributed by atoms with Gasteiger partial charge in [0.1, 0.15) is 0 Å². The summed E-state index contributed by atoms with van der Waals surface area (Å²) < 4.78 is 1.19. The van der Waals surface area contributed by atoms with Crippen LogP contribution in [0.4, 0.5) is 0 Å². The van der Waals surface area contributed by atoms with Crippen molar-refractivity contribution in [2.24, 2.45) is 0 Å². The van der Waals surface area contributed by atoms with Gasteiger partial charge in [-0.2, -0.15) is 5.10 Å². The van der Waals surface area contributed by atoms with E-state index in [4.69, 9.17) is 28.3 Å². The summed E-state index contributed by atoms with van der Waals surface area (Å²) >= 11 is 11.7. The molecule has 1 aromatic heterocycles. The Labute approximate surface area is 97.8 Å². The van der Waals surface area contributed by atoms with Gasteiger partial charge in [-0.05, 0) is 12.8 Å². The summed E-state index contributed by atoms with van der Waals surface area (Å²) in [5.74, 6) is -1.11. The molecule has 1 N–H and O–H groups in total. The highest BCUT2D eigenvalue weighted by Gasteiger charge is 2.38. The minimum atomic E-state index is -1.52. The van der Waals surface area contributed by atoms with Crippen LogP contribution in [0.15, 0.2) is 12.4 Å². The Balaban J connectivity index is 2.95. The second-order valence-corrected chi connectivity index (χ2v) is 4.33. The third kappa shape index (κ3) is 2.63. The molecular weight excluding hydrogens is 239 g/mol. The zero-order chi connectivity index (χ0) is 11.5. The normalized spacial score (nSPS) is 14.9. The number of carboxylic acid groups (broad SMARTS) is 1. The average Bonchev–Trinajstić information content (AvgIpc) is 2.61. The van der Waals surface area contributed by atoms with E-state index in [-0.39, 0.29) is 0 Å². The van der Waals surface area contributed by atoms with E-state index in [1.807, 2.05) is 6.92 Å². The van der Waals surface area contributed by atoms with Crippen molar-refractivity contribution in [1.82, 2.24) is 9.78 Å². The number of aliphatic carboxylic acids is 1. The van der Waals surface area contributed by atoms with E-state index >= 15 is 0 Å². The molecule has 1 heterocycles. The van der Waals surface area contributed by atoms with Crippen LogP contribution in [0.1, 0.15) is 26.2 Å². The van der Waals surface area contributed by atoms with E-state index in [1.165, 1.54) is 17.1 Å². The Morgan fingerprint density at radius 3 is 2.80 bits per heavy atom. The Bertz CT molecular complexity index is 354. The van der Waals surface area contributed by atoms with E-state index < -0.39 is 11.0 Å². The van der Waals surface area contributed by atoms with E-state index in [0.717, 1.165) is 6.42 Å². The number of nitrogens with zero attached hydrogens (tertiary/aromatic N) is 2. The van der Waals surface area contributed by atoms with Gasteiger partial charge in [0, 0.05) is 6.20 Å². The fourth-order valence-electron chi connectivity index (χ4n) is 1.23. The summed E-state index contributed by atoms with van der Waals surface area (Å²) in [5.41, 5.74) is 0. The first-order valence-electron chi connectivity index (χ1n) is 4.63. The quantitative estimate of drug-likeness (QED) is 0.818. The largest absolute Gasteiger partial charge is 0.479 e. The molecule has 15 heavy (non-hydrogen) atoms. The van der Waals surface area contributed by atoms with Crippen LogP contribution in [0.3, 0.4) is 0 Å². The average molecular weight is 251 g/mol. The molecule has 1 unspecified atom stereocenters. The summed E-state index contributed by atoms with van der Waals surface area (Å²) in [5, 5.41) is 13.3. The molecule has 0 radical (unpaired) electrons. The fraction of sp³-hybridized carbons (Fsp3) is 0.556. The fourth-order valence-corrected chi connectivity index (χ4v) is 1.59. The Morgan fingerprint density at radius 2 is 2.40 bits per heavy atom. The molecule has 1 rings (SSSR count). The smallest absolute Gasteiger partial charge is 0.347 e. The van der Waals surface area contributed by atoms with E-state index in [2.05, 4.69) is 5.10 Å². The summed E-state index contributed by atoms with van der Waals surface area (Å²) in [4.78, 5) is 9.58. The second-order valence-electron chi connectivity index (χ2n) is 3.27. The lowest BCUT2D eigenvalue weighted by Gasteiger charge is -2.22. The molecule has 0 spiro atoms. The molecule has 0 aliphatic heterocycles.